The summed E-state index contributed by atoms with van der Waals surface area (Å²) in [6.07, 6.45) is 5.76. The fourth-order valence-corrected chi connectivity index (χ4v) is 3.68. The summed E-state index contributed by atoms with van der Waals surface area (Å²) in [5, 5.41) is 0. The lowest BCUT2D eigenvalue weighted by Gasteiger charge is -2.31. The predicted molar refractivity (Wildman–Crippen MR) is 102 cm³/mol. The number of aryl methyl sites for hydroxylation is 1. The van der Waals surface area contributed by atoms with Crippen molar-refractivity contribution in [2.45, 2.75) is 18.8 Å². The molecule has 3 heterocycles. The lowest BCUT2D eigenvalue weighted by Crippen LogP contribution is -2.39. The van der Waals surface area contributed by atoms with Gasteiger partial charge in [0.2, 0.25) is 0 Å². The van der Waals surface area contributed by atoms with Crippen molar-refractivity contribution in [2.75, 3.05) is 20.2 Å². The molecule has 140 valence electrons. The lowest BCUT2D eigenvalue weighted by molar-refractivity contribution is 0.0672. The van der Waals surface area contributed by atoms with E-state index in [0.29, 0.717) is 18.1 Å². The van der Waals surface area contributed by atoms with Gasteiger partial charge in [0.1, 0.15) is 17.3 Å². The summed E-state index contributed by atoms with van der Waals surface area (Å²) in [6.45, 7) is 1.41. The molecule has 1 amide bonds. The molecule has 3 aromatic rings. The first-order valence-electron chi connectivity index (χ1n) is 9.16. The van der Waals surface area contributed by atoms with E-state index in [1.54, 1.807) is 13.2 Å². The van der Waals surface area contributed by atoms with Crippen molar-refractivity contribution in [1.29, 1.82) is 0 Å². The molecule has 1 atom stereocenters. The SMILES string of the molecule is COc1cccc(-c2ccc(C(=O)N3CCC[C@H](c4nccn4C)C3)o2)c1. The zero-order valence-corrected chi connectivity index (χ0v) is 15.6. The Morgan fingerprint density at radius 3 is 2.96 bits per heavy atom. The van der Waals surface area contributed by atoms with Crippen molar-refractivity contribution in [1.82, 2.24) is 14.5 Å². The van der Waals surface area contributed by atoms with E-state index >= 15 is 0 Å². The van der Waals surface area contributed by atoms with Crippen LogP contribution in [0, 0.1) is 0 Å². The molecule has 0 unspecified atom stereocenters. The number of aromatic nitrogens is 2. The number of hydrogen-bond donors (Lipinski definition) is 0. The van der Waals surface area contributed by atoms with Crippen molar-refractivity contribution in [3.8, 4) is 17.1 Å². The van der Waals surface area contributed by atoms with Gasteiger partial charge in [0.15, 0.2) is 5.76 Å². The number of piperidine rings is 1. The third-order valence-corrected chi connectivity index (χ3v) is 5.10. The molecular formula is C21H23N3O3. The van der Waals surface area contributed by atoms with Crippen molar-refractivity contribution < 1.29 is 13.9 Å². The molecule has 1 saturated heterocycles. The minimum absolute atomic E-state index is 0.0666. The summed E-state index contributed by atoms with van der Waals surface area (Å²) < 4.78 is 13.2. The molecule has 0 spiro atoms. The zero-order chi connectivity index (χ0) is 18.8. The maximum absolute atomic E-state index is 12.9. The van der Waals surface area contributed by atoms with Crippen LogP contribution in [-0.2, 0) is 7.05 Å². The second-order valence-corrected chi connectivity index (χ2v) is 6.88. The molecule has 6 heteroatoms. The average Bonchev–Trinajstić information content (AvgIpc) is 3.37. The number of imidazole rings is 1. The monoisotopic (exact) mass is 365 g/mol. The third kappa shape index (κ3) is 3.47. The van der Waals surface area contributed by atoms with Gasteiger partial charge in [0.25, 0.3) is 5.91 Å². The van der Waals surface area contributed by atoms with Gasteiger partial charge in [0.05, 0.1) is 7.11 Å². The molecule has 1 aliphatic rings. The minimum atomic E-state index is -0.0666. The van der Waals surface area contributed by atoms with E-state index in [-0.39, 0.29) is 11.8 Å². The normalized spacial score (nSPS) is 17.1. The largest absolute Gasteiger partial charge is 0.497 e. The molecule has 0 bridgehead atoms. The fourth-order valence-electron chi connectivity index (χ4n) is 3.68. The second-order valence-electron chi connectivity index (χ2n) is 6.88. The van der Waals surface area contributed by atoms with Crippen LogP contribution in [0.15, 0.2) is 53.2 Å². The molecular weight excluding hydrogens is 342 g/mol. The molecule has 1 aliphatic heterocycles. The smallest absolute Gasteiger partial charge is 0.289 e. The van der Waals surface area contributed by atoms with Gasteiger partial charge in [0, 0.05) is 44.0 Å². The standard InChI is InChI=1S/C21H23N3O3/c1-23-12-10-22-20(23)16-6-4-11-24(14-16)21(25)19-9-8-18(27-19)15-5-3-7-17(13-15)26-2/h3,5,7-10,12-13,16H,4,6,11,14H2,1-2H3/t16-/m0/s1. The van der Waals surface area contributed by atoms with E-state index in [1.807, 2.05) is 59.2 Å². The van der Waals surface area contributed by atoms with Crippen LogP contribution in [0.2, 0.25) is 0 Å². The highest BCUT2D eigenvalue weighted by atomic mass is 16.5. The maximum atomic E-state index is 12.9. The van der Waals surface area contributed by atoms with Gasteiger partial charge < -0.3 is 18.6 Å². The molecule has 0 N–H and O–H groups in total. The predicted octanol–water partition coefficient (Wildman–Crippen LogP) is 3.71. The van der Waals surface area contributed by atoms with Crippen LogP contribution in [0.5, 0.6) is 5.75 Å². The fraction of sp³-hybridized carbons (Fsp3) is 0.333. The van der Waals surface area contributed by atoms with Crippen LogP contribution in [-0.4, -0.2) is 40.6 Å². The second kappa shape index (κ2) is 7.31. The Labute approximate surface area is 158 Å². The van der Waals surface area contributed by atoms with Gasteiger partial charge in [-0.2, -0.15) is 0 Å². The quantitative estimate of drug-likeness (QED) is 0.707. The van der Waals surface area contributed by atoms with Crippen molar-refractivity contribution >= 4 is 5.91 Å². The van der Waals surface area contributed by atoms with Crippen LogP contribution in [0.1, 0.15) is 35.1 Å². The molecule has 1 aromatic carbocycles. The molecule has 0 radical (unpaired) electrons. The Morgan fingerprint density at radius 1 is 1.30 bits per heavy atom. The first kappa shape index (κ1) is 17.4. The summed E-state index contributed by atoms with van der Waals surface area (Å²) in [5.74, 6) is 3.01. The van der Waals surface area contributed by atoms with E-state index in [2.05, 4.69) is 4.98 Å². The Bertz CT molecular complexity index is 944. The molecule has 1 fully saturated rings. The van der Waals surface area contributed by atoms with E-state index in [9.17, 15) is 4.79 Å². The van der Waals surface area contributed by atoms with Gasteiger partial charge in [-0.1, -0.05) is 12.1 Å². The Morgan fingerprint density at radius 2 is 2.19 bits per heavy atom. The Kier molecular flexibility index (Phi) is 4.71. The number of carbonyl (C=O) groups excluding carboxylic acids is 1. The van der Waals surface area contributed by atoms with E-state index in [1.165, 1.54) is 0 Å². The van der Waals surface area contributed by atoms with Gasteiger partial charge in [-0.25, -0.2) is 4.98 Å². The number of ether oxygens (including phenoxy) is 1. The number of methoxy groups -OCH3 is 1. The summed E-state index contributed by atoms with van der Waals surface area (Å²) >= 11 is 0. The number of rotatable bonds is 4. The van der Waals surface area contributed by atoms with E-state index in [0.717, 1.165) is 36.5 Å². The molecule has 6 nitrogen and oxygen atoms in total. The molecule has 2 aromatic heterocycles. The number of likely N-dealkylation sites (tertiary alicyclic amines) is 1. The van der Waals surface area contributed by atoms with Crippen molar-refractivity contribution in [2.24, 2.45) is 7.05 Å². The van der Waals surface area contributed by atoms with Crippen LogP contribution in [0.4, 0.5) is 0 Å². The van der Waals surface area contributed by atoms with E-state index in [4.69, 9.17) is 9.15 Å². The molecule has 0 saturated carbocycles. The van der Waals surface area contributed by atoms with Crippen LogP contribution < -0.4 is 4.74 Å². The maximum Gasteiger partial charge on any atom is 0.289 e. The molecule has 0 aliphatic carbocycles. The highest BCUT2D eigenvalue weighted by Gasteiger charge is 2.29. The van der Waals surface area contributed by atoms with Crippen LogP contribution in [0.25, 0.3) is 11.3 Å². The van der Waals surface area contributed by atoms with Crippen molar-refractivity contribution in [3.63, 3.8) is 0 Å². The Hall–Kier alpha value is -3.02. The number of nitrogens with zero attached hydrogens (tertiary/aromatic N) is 3. The summed E-state index contributed by atoms with van der Waals surface area (Å²) in [6, 6.07) is 11.2. The number of hydrogen-bond acceptors (Lipinski definition) is 4. The minimum Gasteiger partial charge on any atom is -0.497 e. The zero-order valence-electron chi connectivity index (χ0n) is 15.6. The van der Waals surface area contributed by atoms with Crippen LogP contribution >= 0.6 is 0 Å². The summed E-state index contributed by atoms with van der Waals surface area (Å²) in [7, 11) is 3.63. The highest BCUT2D eigenvalue weighted by molar-refractivity contribution is 5.92. The van der Waals surface area contributed by atoms with Crippen LogP contribution in [0.3, 0.4) is 0 Å². The number of furan rings is 1. The van der Waals surface area contributed by atoms with Gasteiger partial charge >= 0.3 is 0 Å². The van der Waals surface area contributed by atoms with Gasteiger partial charge in [-0.15, -0.1) is 0 Å². The van der Waals surface area contributed by atoms with Gasteiger partial charge in [-0.05, 0) is 37.1 Å². The third-order valence-electron chi connectivity index (χ3n) is 5.10. The summed E-state index contributed by atoms with van der Waals surface area (Å²) in [4.78, 5) is 19.3. The molecule has 4 rings (SSSR count). The lowest BCUT2D eigenvalue weighted by atomic mass is 9.97. The topological polar surface area (TPSA) is 60.5 Å². The number of benzene rings is 1. The number of carbonyl (C=O) groups is 1. The molecule has 27 heavy (non-hydrogen) atoms. The highest BCUT2D eigenvalue weighted by Crippen LogP contribution is 2.29. The Balaban J connectivity index is 1.51. The van der Waals surface area contributed by atoms with E-state index < -0.39 is 0 Å². The average molecular weight is 365 g/mol. The van der Waals surface area contributed by atoms with Gasteiger partial charge in [-0.3, -0.25) is 4.79 Å². The number of amides is 1. The van der Waals surface area contributed by atoms with Crippen molar-refractivity contribution in [3.05, 3.63) is 60.4 Å². The summed E-state index contributed by atoms with van der Waals surface area (Å²) in [5.41, 5.74) is 0.887. The first-order valence-corrected chi connectivity index (χ1v) is 9.16. The first-order chi connectivity index (χ1) is 13.2.